The molecule has 1 aliphatic rings. The van der Waals surface area contributed by atoms with Gasteiger partial charge in [0.2, 0.25) is 5.43 Å². The average molecular weight is 441 g/mol. The molecule has 28 heavy (non-hydrogen) atoms. The van der Waals surface area contributed by atoms with Gasteiger partial charge in [-0.1, -0.05) is 22.0 Å². The fraction of sp³-hybridized carbons (Fsp3) is 0.286. The molecule has 6 nitrogen and oxygen atoms in total. The van der Waals surface area contributed by atoms with Crippen molar-refractivity contribution in [3.05, 3.63) is 69.1 Å². The van der Waals surface area contributed by atoms with Crippen molar-refractivity contribution < 1.29 is 4.79 Å². The summed E-state index contributed by atoms with van der Waals surface area (Å²) in [6.07, 6.45) is 5.34. The number of rotatable bonds is 5. The second-order valence-corrected chi connectivity index (χ2v) is 8.19. The summed E-state index contributed by atoms with van der Waals surface area (Å²) in [5.41, 5.74) is 4.07. The average Bonchev–Trinajstić information content (AvgIpc) is 3.51. The SMILES string of the molecule is CC(C)N(NC(=O)c1cn(-c2cccc(Br)c2)c2ncccc2c1=O)C1CC1. The van der Waals surface area contributed by atoms with Crippen LogP contribution in [0.15, 0.2) is 58.1 Å². The maximum absolute atomic E-state index is 13.0. The van der Waals surface area contributed by atoms with Gasteiger partial charge in [0.25, 0.3) is 5.91 Å². The second kappa shape index (κ2) is 7.48. The van der Waals surface area contributed by atoms with Gasteiger partial charge >= 0.3 is 0 Å². The minimum Gasteiger partial charge on any atom is -0.300 e. The van der Waals surface area contributed by atoms with E-state index >= 15 is 0 Å². The second-order valence-electron chi connectivity index (χ2n) is 7.27. The molecule has 0 saturated heterocycles. The van der Waals surface area contributed by atoms with Gasteiger partial charge in [0.05, 0.1) is 5.39 Å². The van der Waals surface area contributed by atoms with Crippen molar-refractivity contribution in [2.45, 2.75) is 38.8 Å². The Hall–Kier alpha value is -2.51. The fourth-order valence-electron chi connectivity index (χ4n) is 3.32. The Bertz CT molecular complexity index is 1100. The zero-order valence-corrected chi connectivity index (χ0v) is 17.3. The van der Waals surface area contributed by atoms with Crippen LogP contribution in [-0.4, -0.2) is 32.6 Å². The van der Waals surface area contributed by atoms with Gasteiger partial charge in [0, 0.05) is 34.6 Å². The first-order chi connectivity index (χ1) is 13.5. The van der Waals surface area contributed by atoms with Crippen LogP contribution in [0.25, 0.3) is 16.7 Å². The molecule has 0 atom stereocenters. The Morgan fingerprint density at radius 2 is 2.07 bits per heavy atom. The lowest BCUT2D eigenvalue weighted by Gasteiger charge is -2.26. The van der Waals surface area contributed by atoms with Crippen molar-refractivity contribution in [3.8, 4) is 5.69 Å². The summed E-state index contributed by atoms with van der Waals surface area (Å²) in [5, 5.41) is 2.36. The van der Waals surface area contributed by atoms with Gasteiger partial charge in [-0.25, -0.2) is 9.99 Å². The number of benzene rings is 1. The van der Waals surface area contributed by atoms with Crippen molar-refractivity contribution in [1.82, 2.24) is 20.0 Å². The lowest BCUT2D eigenvalue weighted by molar-refractivity contribution is 0.0698. The molecular formula is C21H21BrN4O2. The van der Waals surface area contributed by atoms with Crippen LogP contribution in [0.4, 0.5) is 0 Å². The van der Waals surface area contributed by atoms with Crippen molar-refractivity contribution in [3.63, 3.8) is 0 Å². The standard InChI is InChI=1S/C21H21BrN4O2/c1-13(2)26(15-8-9-15)24-21(28)18-12-25(16-6-3-5-14(22)11-16)20-17(19(18)27)7-4-10-23-20/h3-7,10-13,15H,8-9H2,1-2H3,(H,24,28). The largest absolute Gasteiger partial charge is 0.300 e. The van der Waals surface area contributed by atoms with Crippen molar-refractivity contribution in [1.29, 1.82) is 0 Å². The van der Waals surface area contributed by atoms with E-state index in [0.717, 1.165) is 23.0 Å². The first kappa shape index (κ1) is 18.8. The normalized spacial score (nSPS) is 14.0. The number of nitrogens with zero attached hydrogens (tertiary/aromatic N) is 3. The number of pyridine rings is 2. The van der Waals surface area contributed by atoms with Crippen LogP contribution in [0.5, 0.6) is 0 Å². The molecule has 1 N–H and O–H groups in total. The summed E-state index contributed by atoms with van der Waals surface area (Å²) < 4.78 is 2.69. The van der Waals surface area contributed by atoms with Crippen LogP contribution in [0.2, 0.25) is 0 Å². The number of carbonyl (C=O) groups is 1. The number of aromatic nitrogens is 2. The molecule has 2 aromatic heterocycles. The molecule has 3 aromatic rings. The highest BCUT2D eigenvalue weighted by Gasteiger charge is 2.32. The van der Waals surface area contributed by atoms with Crippen molar-refractivity contribution in [2.75, 3.05) is 0 Å². The molecule has 7 heteroatoms. The van der Waals surface area contributed by atoms with E-state index in [4.69, 9.17) is 0 Å². The Morgan fingerprint density at radius 3 is 2.75 bits per heavy atom. The number of nitrogens with one attached hydrogen (secondary N) is 1. The monoisotopic (exact) mass is 440 g/mol. The molecule has 0 aliphatic heterocycles. The zero-order chi connectivity index (χ0) is 19.8. The van der Waals surface area contributed by atoms with Gasteiger partial charge in [0.1, 0.15) is 11.2 Å². The first-order valence-electron chi connectivity index (χ1n) is 9.31. The van der Waals surface area contributed by atoms with Gasteiger partial charge in [-0.2, -0.15) is 0 Å². The van der Waals surface area contributed by atoms with Crippen molar-refractivity contribution >= 4 is 32.9 Å². The van der Waals surface area contributed by atoms with Crippen LogP contribution < -0.4 is 10.9 Å². The highest BCUT2D eigenvalue weighted by molar-refractivity contribution is 9.10. The molecule has 1 saturated carbocycles. The highest BCUT2D eigenvalue weighted by Crippen LogP contribution is 2.27. The number of carbonyl (C=O) groups excluding carboxylic acids is 1. The fourth-order valence-corrected chi connectivity index (χ4v) is 3.70. The molecule has 1 aromatic carbocycles. The van der Waals surface area contributed by atoms with E-state index in [2.05, 4.69) is 26.3 Å². The summed E-state index contributed by atoms with van der Waals surface area (Å²) >= 11 is 3.48. The number of amides is 1. The molecule has 1 fully saturated rings. The predicted octanol–water partition coefficient (Wildman–Crippen LogP) is 3.67. The smallest absolute Gasteiger partial charge is 0.271 e. The van der Waals surface area contributed by atoms with Gasteiger partial charge in [-0.15, -0.1) is 0 Å². The third-order valence-corrected chi connectivity index (χ3v) is 5.31. The molecule has 0 spiro atoms. The molecule has 144 valence electrons. The molecule has 1 aliphatic carbocycles. The molecule has 0 unspecified atom stereocenters. The summed E-state index contributed by atoms with van der Waals surface area (Å²) in [5.74, 6) is -0.389. The van der Waals surface area contributed by atoms with Gasteiger partial charge < -0.3 is 4.57 Å². The van der Waals surface area contributed by atoms with E-state index in [9.17, 15) is 9.59 Å². The Kier molecular flexibility index (Phi) is 5.03. The summed E-state index contributed by atoms with van der Waals surface area (Å²) in [6.45, 7) is 4.06. The maximum Gasteiger partial charge on any atom is 0.271 e. The quantitative estimate of drug-likeness (QED) is 0.614. The lowest BCUT2D eigenvalue weighted by atomic mass is 10.1. The summed E-state index contributed by atoms with van der Waals surface area (Å²) in [7, 11) is 0. The highest BCUT2D eigenvalue weighted by atomic mass is 79.9. The predicted molar refractivity (Wildman–Crippen MR) is 113 cm³/mol. The Labute approximate surface area is 171 Å². The summed E-state index contributed by atoms with van der Waals surface area (Å²) in [4.78, 5) is 30.4. The number of hydrogen-bond donors (Lipinski definition) is 1. The van der Waals surface area contributed by atoms with Crippen molar-refractivity contribution in [2.24, 2.45) is 0 Å². The van der Waals surface area contributed by atoms with Crippen LogP contribution in [0.1, 0.15) is 37.0 Å². The van der Waals surface area contributed by atoms with Crippen LogP contribution in [0, 0.1) is 0 Å². The molecule has 0 bridgehead atoms. The maximum atomic E-state index is 13.0. The topological polar surface area (TPSA) is 67.2 Å². The van der Waals surface area contributed by atoms with Crippen LogP contribution in [0.3, 0.4) is 0 Å². The van der Waals surface area contributed by atoms with Gasteiger partial charge in [0.15, 0.2) is 0 Å². The first-order valence-corrected chi connectivity index (χ1v) is 10.1. The lowest BCUT2D eigenvalue weighted by Crippen LogP contribution is -2.48. The van der Waals surface area contributed by atoms with E-state index in [1.807, 2.05) is 43.1 Å². The van der Waals surface area contributed by atoms with E-state index in [1.54, 1.807) is 29.1 Å². The van der Waals surface area contributed by atoms with E-state index in [1.165, 1.54) is 0 Å². The Balaban J connectivity index is 1.84. The number of halogens is 1. The number of hydrazine groups is 1. The van der Waals surface area contributed by atoms with Gasteiger partial charge in [-0.3, -0.25) is 15.0 Å². The van der Waals surface area contributed by atoms with E-state index < -0.39 is 0 Å². The number of fused-ring (bicyclic) bond motifs is 1. The summed E-state index contributed by atoms with van der Waals surface area (Å²) in [6, 6.07) is 11.6. The third kappa shape index (κ3) is 3.59. The van der Waals surface area contributed by atoms with Crippen LogP contribution in [-0.2, 0) is 0 Å². The number of hydrogen-bond acceptors (Lipinski definition) is 4. The third-order valence-electron chi connectivity index (χ3n) is 4.82. The molecule has 0 radical (unpaired) electrons. The van der Waals surface area contributed by atoms with Gasteiger partial charge in [-0.05, 0) is 57.0 Å². The zero-order valence-electron chi connectivity index (χ0n) is 15.7. The molecule has 4 rings (SSSR count). The minimum atomic E-state index is -0.389. The molecular weight excluding hydrogens is 420 g/mol. The van der Waals surface area contributed by atoms with Crippen LogP contribution >= 0.6 is 15.9 Å². The minimum absolute atomic E-state index is 0.103. The molecule has 2 heterocycles. The van der Waals surface area contributed by atoms with E-state index in [-0.39, 0.29) is 22.9 Å². The van der Waals surface area contributed by atoms with E-state index in [0.29, 0.717) is 17.1 Å². The molecule has 1 amide bonds. The Morgan fingerprint density at radius 1 is 1.29 bits per heavy atom.